The van der Waals surface area contributed by atoms with Gasteiger partial charge in [0.2, 0.25) is 0 Å². The third-order valence-corrected chi connectivity index (χ3v) is 7.81. The topological polar surface area (TPSA) is 82.1 Å². The highest BCUT2D eigenvalue weighted by Crippen LogP contribution is 2.29. The number of fused-ring (bicyclic) bond motifs is 1. The minimum Gasteiger partial charge on any atom is -0.350 e. The van der Waals surface area contributed by atoms with E-state index in [2.05, 4.69) is 39.1 Å². The lowest BCUT2D eigenvalue weighted by Crippen LogP contribution is -2.42. The van der Waals surface area contributed by atoms with Crippen LogP contribution in [-0.4, -0.2) is 61.9 Å². The molecule has 1 fully saturated rings. The average Bonchev–Trinajstić information content (AvgIpc) is 3.23. The van der Waals surface area contributed by atoms with Gasteiger partial charge in [0.1, 0.15) is 5.84 Å². The van der Waals surface area contributed by atoms with Gasteiger partial charge in [-0.25, -0.2) is 8.42 Å². The van der Waals surface area contributed by atoms with Crippen molar-refractivity contribution in [1.82, 2.24) is 15.1 Å². The van der Waals surface area contributed by atoms with Crippen molar-refractivity contribution in [3.8, 4) is 0 Å². The zero-order valence-corrected chi connectivity index (χ0v) is 18.1. The maximum Gasteiger partial charge on any atom is 0.256 e. The molecule has 1 aromatic rings. The fourth-order valence-electron chi connectivity index (χ4n) is 3.86. The van der Waals surface area contributed by atoms with Gasteiger partial charge in [0.05, 0.1) is 17.4 Å². The highest BCUT2D eigenvalue weighted by molar-refractivity contribution is 7.90. The summed E-state index contributed by atoms with van der Waals surface area (Å²) in [6.07, 6.45) is 7.28. The maximum absolute atomic E-state index is 12.8. The summed E-state index contributed by atoms with van der Waals surface area (Å²) in [5.41, 5.74) is 0.514. The molecule has 0 radical (unpaired) electrons. The number of amides is 1. The van der Waals surface area contributed by atoms with E-state index in [0.717, 1.165) is 19.0 Å². The summed E-state index contributed by atoms with van der Waals surface area (Å²) in [6, 6.07) is 4.37. The van der Waals surface area contributed by atoms with Crippen LogP contribution in [0.5, 0.6) is 0 Å². The second kappa shape index (κ2) is 8.41. The van der Waals surface area contributed by atoms with Gasteiger partial charge in [-0.3, -0.25) is 9.69 Å². The Balaban J connectivity index is 1.42. The van der Waals surface area contributed by atoms with Gasteiger partial charge in [0, 0.05) is 24.2 Å². The highest BCUT2D eigenvalue weighted by Gasteiger charge is 2.28. The zero-order valence-electron chi connectivity index (χ0n) is 16.5. The second-order valence-corrected chi connectivity index (χ2v) is 10.5. The molecule has 1 aromatic heterocycles. The van der Waals surface area contributed by atoms with Gasteiger partial charge in [0.25, 0.3) is 15.9 Å². The molecule has 4 rings (SSSR count). The number of carbonyl (C=O) groups is 1. The molecule has 3 aliphatic rings. The Kier molecular flexibility index (Phi) is 5.89. The highest BCUT2D eigenvalue weighted by atomic mass is 32.2. The lowest BCUT2D eigenvalue weighted by Gasteiger charge is -2.36. The van der Waals surface area contributed by atoms with E-state index in [1.54, 1.807) is 34.6 Å². The first kappa shape index (κ1) is 20.3. The Hall–Kier alpha value is -1.97. The molecule has 4 heterocycles. The number of nitrogens with zero attached hydrogens (tertiary/aromatic N) is 3. The molecular weight excluding hydrogens is 408 g/mol. The van der Waals surface area contributed by atoms with Crippen molar-refractivity contribution in [2.24, 2.45) is 10.3 Å². The van der Waals surface area contributed by atoms with Gasteiger partial charge in [0.15, 0.2) is 0 Å². The van der Waals surface area contributed by atoms with Crippen molar-refractivity contribution in [2.45, 2.75) is 25.8 Å². The first-order chi connectivity index (χ1) is 13.9. The predicted octanol–water partition coefficient (Wildman–Crippen LogP) is 2.13. The standard InChI is InChI=1S/C20H26N4O3S2/c1-15-6-8-23(9-7-15)17(18-3-2-11-28-18)13-21-20(25)16-4-5-19-22-29(26,27)12-10-24(19)14-16/h2-5,11,14-15,17H,6-10,12-13H2,1H3,(H,21,25). The van der Waals surface area contributed by atoms with Gasteiger partial charge < -0.3 is 10.2 Å². The van der Waals surface area contributed by atoms with E-state index < -0.39 is 10.0 Å². The molecule has 0 aliphatic carbocycles. The number of amidine groups is 1. The number of hydrogen-bond donors (Lipinski definition) is 1. The minimum absolute atomic E-state index is 0.0381. The number of carbonyl (C=O) groups excluding carboxylic acids is 1. The first-order valence-corrected chi connectivity index (χ1v) is 12.4. The first-order valence-electron chi connectivity index (χ1n) is 9.96. The van der Waals surface area contributed by atoms with E-state index in [1.807, 2.05) is 0 Å². The molecule has 0 saturated carbocycles. The van der Waals surface area contributed by atoms with Crippen LogP contribution in [0, 0.1) is 5.92 Å². The quantitative estimate of drug-likeness (QED) is 0.768. The fraction of sp³-hybridized carbons (Fsp3) is 0.500. The van der Waals surface area contributed by atoms with Crippen LogP contribution in [0.2, 0.25) is 0 Å². The number of hydrogen-bond acceptors (Lipinski definition) is 6. The van der Waals surface area contributed by atoms with E-state index in [1.165, 1.54) is 17.7 Å². The molecule has 0 aromatic carbocycles. The van der Waals surface area contributed by atoms with E-state index in [9.17, 15) is 13.2 Å². The number of thiophene rings is 1. The Labute approximate surface area is 175 Å². The second-order valence-electron chi connectivity index (χ2n) is 7.81. The lowest BCUT2D eigenvalue weighted by atomic mass is 9.97. The summed E-state index contributed by atoms with van der Waals surface area (Å²) in [4.78, 5) is 18.2. The SMILES string of the molecule is CC1CCN(C(CNC(=O)C2=CN3CCS(=O)(=O)N=C3C=C2)c2cccs2)CC1. The minimum atomic E-state index is -3.39. The molecule has 9 heteroatoms. The van der Waals surface area contributed by atoms with Crippen LogP contribution in [-0.2, 0) is 14.8 Å². The summed E-state index contributed by atoms with van der Waals surface area (Å²) in [7, 11) is -3.39. The van der Waals surface area contributed by atoms with Crippen molar-refractivity contribution in [1.29, 1.82) is 0 Å². The monoisotopic (exact) mass is 434 g/mol. The number of nitrogens with one attached hydrogen (secondary N) is 1. The van der Waals surface area contributed by atoms with Crippen LogP contribution in [0.15, 0.2) is 45.8 Å². The van der Waals surface area contributed by atoms with Crippen molar-refractivity contribution in [3.63, 3.8) is 0 Å². The van der Waals surface area contributed by atoms with E-state index in [0.29, 0.717) is 24.5 Å². The number of piperidine rings is 1. The van der Waals surface area contributed by atoms with Crippen molar-refractivity contribution in [3.05, 3.63) is 46.3 Å². The summed E-state index contributed by atoms with van der Waals surface area (Å²) in [6.45, 7) is 5.25. The summed E-state index contributed by atoms with van der Waals surface area (Å²) < 4.78 is 27.0. The Bertz CT molecular complexity index is 942. The summed E-state index contributed by atoms with van der Waals surface area (Å²) in [5, 5.41) is 5.16. The molecule has 29 heavy (non-hydrogen) atoms. The third-order valence-electron chi connectivity index (χ3n) is 5.67. The third kappa shape index (κ3) is 4.79. The molecule has 1 unspecified atom stereocenters. The van der Waals surface area contributed by atoms with Crippen LogP contribution in [0.3, 0.4) is 0 Å². The van der Waals surface area contributed by atoms with E-state index >= 15 is 0 Å². The van der Waals surface area contributed by atoms with E-state index in [4.69, 9.17) is 0 Å². The van der Waals surface area contributed by atoms with Gasteiger partial charge in [-0.15, -0.1) is 15.7 Å². The van der Waals surface area contributed by atoms with Crippen molar-refractivity contribution in [2.75, 3.05) is 31.9 Å². The van der Waals surface area contributed by atoms with Gasteiger partial charge >= 0.3 is 0 Å². The van der Waals surface area contributed by atoms with Crippen LogP contribution in [0.1, 0.15) is 30.7 Å². The summed E-state index contributed by atoms with van der Waals surface area (Å²) in [5.74, 6) is 0.933. The lowest BCUT2D eigenvalue weighted by molar-refractivity contribution is -0.117. The number of rotatable bonds is 5. The molecule has 1 N–H and O–H groups in total. The van der Waals surface area contributed by atoms with Crippen molar-refractivity contribution >= 4 is 33.1 Å². The zero-order chi connectivity index (χ0) is 20.4. The van der Waals surface area contributed by atoms with Crippen LogP contribution in [0.25, 0.3) is 0 Å². The molecule has 1 saturated heterocycles. The van der Waals surface area contributed by atoms with Crippen LogP contribution >= 0.6 is 11.3 Å². The van der Waals surface area contributed by atoms with Crippen LogP contribution in [0.4, 0.5) is 0 Å². The molecule has 0 spiro atoms. The van der Waals surface area contributed by atoms with Crippen LogP contribution < -0.4 is 5.32 Å². The summed E-state index contributed by atoms with van der Waals surface area (Å²) >= 11 is 1.72. The molecule has 156 valence electrons. The molecule has 1 amide bonds. The van der Waals surface area contributed by atoms with Crippen molar-refractivity contribution < 1.29 is 13.2 Å². The normalized spacial score (nSPS) is 23.1. The van der Waals surface area contributed by atoms with E-state index in [-0.39, 0.29) is 17.7 Å². The maximum atomic E-state index is 12.8. The molecule has 7 nitrogen and oxygen atoms in total. The Morgan fingerprint density at radius 2 is 2.10 bits per heavy atom. The molecular formula is C20H26N4O3S2. The van der Waals surface area contributed by atoms with Gasteiger partial charge in [-0.05, 0) is 55.4 Å². The number of likely N-dealkylation sites (tertiary alicyclic amines) is 1. The Morgan fingerprint density at radius 1 is 1.31 bits per heavy atom. The van der Waals surface area contributed by atoms with Gasteiger partial charge in [-0.1, -0.05) is 13.0 Å². The average molecular weight is 435 g/mol. The Morgan fingerprint density at radius 3 is 2.83 bits per heavy atom. The fourth-order valence-corrected chi connectivity index (χ4v) is 5.69. The van der Waals surface area contributed by atoms with Gasteiger partial charge in [-0.2, -0.15) is 0 Å². The number of sulfonamides is 1. The molecule has 1 atom stereocenters. The predicted molar refractivity (Wildman–Crippen MR) is 115 cm³/mol. The molecule has 0 bridgehead atoms. The molecule has 3 aliphatic heterocycles. The smallest absolute Gasteiger partial charge is 0.256 e. The largest absolute Gasteiger partial charge is 0.350 e.